The molecule has 0 amide bonds. The molecule has 1 aromatic heterocycles. The number of nitrogens with zero attached hydrogens (tertiary/aromatic N) is 3. The molecule has 0 saturated heterocycles. The Morgan fingerprint density at radius 1 is 1.35 bits per heavy atom. The lowest BCUT2D eigenvalue weighted by Crippen LogP contribution is -2.30. The minimum Gasteiger partial charge on any atom is -0.490 e. The monoisotopic (exact) mass is 271 g/mol. The predicted octanol–water partition coefficient (Wildman–Crippen LogP) is 1.79. The zero-order valence-corrected chi connectivity index (χ0v) is 10.9. The molecule has 2 aromatic rings. The summed E-state index contributed by atoms with van der Waals surface area (Å²) in [5.41, 5.74) is 1.30. The van der Waals surface area contributed by atoms with Crippen molar-refractivity contribution in [1.82, 2.24) is 9.97 Å². The molecule has 0 unspecified atom stereocenters. The zero-order valence-electron chi connectivity index (χ0n) is 10.9. The number of esters is 1. The van der Waals surface area contributed by atoms with Crippen LogP contribution >= 0.6 is 0 Å². The molecule has 102 valence electrons. The van der Waals surface area contributed by atoms with Gasteiger partial charge in [0.2, 0.25) is 5.95 Å². The number of methoxy groups -OCH3 is 1. The molecule has 0 spiro atoms. The van der Waals surface area contributed by atoms with E-state index in [-0.39, 0.29) is 5.97 Å². The molecule has 0 saturated carbocycles. The molecule has 1 aromatic carbocycles. The lowest BCUT2D eigenvalue weighted by atomic mass is 10.1. The van der Waals surface area contributed by atoms with Crippen LogP contribution in [0.5, 0.6) is 5.75 Å². The fraction of sp³-hybridized carbons (Fsp3) is 0.214. The number of ether oxygens (including phenoxy) is 2. The van der Waals surface area contributed by atoms with Crippen LogP contribution in [0.15, 0.2) is 36.7 Å². The Morgan fingerprint density at radius 2 is 2.15 bits per heavy atom. The topological polar surface area (TPSA) is 64.6 Å². The second kappa shape index (κ2) is 5.16. The highest BCUT2D eigenvalue weighted by molar-refractivity contribution is 5.91. The van der Waals surface area contributed by atoms with E-state index in [9.17, 15) is 4.79 Å². The zero-order chi connectivity index (χ0) is 13.9. The third-order valence-electron chi connectivity index (χ3n) is 3.04. The molecule has 1 aliphatic rings. The number of anilines is 2. The molecule has 0 bridgehead atoms. The van der Waals surface area contributed by atoms with Crippen LogP contribution in [0, 0.1) is 0 Å². The summed E-state index contributed by atoms with van der Waals surface area (Å²) in [6.07, 6.45) is 3.39. The molecule has 6 nitrogen and oxygen atoms in total. The van der Waals surface area contributed by atoms with Gasteiger partial charge in [0.1, 0.15) is 12.4 Å². The Bertz CT molecular complexity index is 631. The largest absolute Gasteiger partial charge is 0.490 e. The average Bonchev–Trinajstić information content (AvgIpc) is 2.53. The molecule has 20 heavy (non-hydrogen) atoms. The SMILES string of the molecule is COC(=O)c1ccc2c(c1)OCCN2c1ncccn1. The number of carbonyl (C=O) groups excluding carboxylic acids is 1. The number of carbonyl (C=O) groups is 1. The molecule has 0 radical (unpaired) electrons. The van der Waals surface area contributed by atoms with E-state index in [4.69, 9.17) is 9.47 Å². The van der Waals surface area contributed by atoms with Crippen LogP contribution in [-0.4, -0.2) is 36.2 Å². The van der Waals surface area contributed by atoms with Gasteiger partial charge >= 0.3 is 5.97 Å². The normalized spacial score (nSPS) is 13.3. The second-order valence-corrected chi connectivity index (χ2v) is 4.22. The van der Waals surface area contributed by atoms with Crippen molar-refractivity contribution in [3.8, 4) is 5.75 Å². The number of aromatic nitrogens is 2. The molecular weight excluding hydrogens is 258 g/mol. The van der Waals surface area contributed by atoms with Crippen molar-refractivity contribution in [1.29, 1.82) is 0 Å². The third-order valence-corrected chi connectivity index (χ3v) is 3.04. The van der Waals surface area contributed by atoms with Gasteiger partial charge in [-0.25, -0.2) is 14.8 Å². The van der Waals surface area contributed by atoms with E-state index in [0.29, 0.717) is 30.4 Å². The Labute approximate surface area is 116 Å². The average molecular weight is 271 g/mol. The van der Waals surface area contributed by atoms with Crippen molar-refractivity contribution in [3.05, 3.63) is 42.2 Å². The second-order valence-electron chi connectivity index (χ2n) is 4.22. The van der Waals surface area contributed by atoms with Crippen molar-refractivity contribution in [2.24, 2.45) is 0 Å². The van der Waals surface area contributed by atoms with E-state index in [2.05, 4.69) is 9.97 Å². The highest BCUT2D eigenvalue weighted by Crippen LogP contribution is 2.35. The van der Waals surface area contributed by atoms with Gasteiger partial charge in [0.25, 0.3) is 0 Å². The van der Waals surface area contributed by atoms with Crippen LogP contribution in [0.25, 0.3) is 0 Å². The van der Waals surface area contributed by atoms with Gasteiger partial charge in [0.15, 0.2) is 0 Å². The van der Waals surface area contributed by atoms with E-state index in [1.807, 2.05) is 11.0 Å². The van der Waals surface area contributed by atoms with Crippen LogP contribution in [-0.2, 0) is 4.74 Å². The highest BCUT2D eigenvalue weighted by atomic mass is 16.5. The molecule has 1 aliphatic heterocycles. The molecule has 0 N–H and O–H groups in total. The summed E-state index contributed by atoms with van der Waals surface area (Å²) >= 11 is 0. The third kappa shape index (κ3) is 2.16. The fourth-order valence-corrected chi connectivity index (χ4v) is 2.10. The minimum absolute atomic E-state index is 0.385. The molecule has 0 atom stereocenters. The molecule has 3 rings (SSSR count). The Morgan fingerprint density at radius 3 is 2.90 bits per heavy atom. The van der Waals surface area contributed by atoms with Gasteiger partial charge < -0.3 is 14.4 Å². The van der Waals surface area contributed by atoms with Crippen LogP contribution in [0.4, 0.5) is 11.6 Å². The summed E-state index contributed by atoms with van der Waals surface area (Å²) in [6.45, 7) is 1.17. The van der Waals surface area contributed by atoms with Crippen LogP contribution in [0.3, 0.4) is 0 Å². The molecule has 2 heterocycles. The first kappa shape index (κ1) is 12.4. The van der Waals surface area contributed by atoms with E-state index in [1.165, 1.54) is 7.11 Å². The number of fused-ring (bicyclic) bond motifs is 1. The number of benzene rings is 1. The summed E-state index contributed by atoms with van der Waals surface area (Å²) in [5.74, 6) is 0.860. The van der Waals surface area contributed by atoms with E-state index >= 15 is 0 Å². The lowest BCUT2D eigenvalue weighted by molar-refractivity contribution is 0.0600. The number of rotatable bonds is 2. The van der Waals surface area contributed by atoms with E-state index in [1.54, 1.807) is 30.6 Å². The van der Waals surface area contributed by atoms with Gasteiger partial charge in [-0.15, -0.1) is 0 Å². The summed E-state index contributed by atoms with van der Waals surface area (Å²) in [5, 5.41) is 0. The Kier molecular flexibility index (Phi) is 3.20. The molecular formula is C14H13N3O3. The standard InChI is InChI=1S/C14H13N3O3/c1-19-13(18)10-3-4-11-12(9-10)20-8-7-17(11)14-15-5-2-6-16-14/h2-6,9H,7-8H2,1H3. The van der Waals surface area contributed by atoms with Crippen molar-refractivity contribution < 1.29 is 14.3 Å². The summed E-state index contributed by atoms with van der Waals surface area (Å²) in [4.78, 5) is 22.0. The maximum Gasteiger partial charge on any atom is 0.337 e. The maximum absolute atomic E-state index is 11.5. The van der Waals surface area contributed by atoms with Gasteiger partial charge in [0.05, 0.1) is 24.9 Å². The predicted molar refractivity (Wildman–Crippen MR) is 72.3 cm³/mol. The first-order valence-electron chi connectivity index (χ1n) is 6.19. The van der Waals surface area contributed by atoms with E-state index in [0.717, 1.165) is 5.69 Å². The van der Waals surface area contributed by atoms with Gasteiger partial charge in [-0.3, -0.25) is 0 Å². The van der Waals surface area contributed by atoms with E-state index < -0.39 is 0 Å². The first-order valence-corrected chi connectivity index (χ1v) is 6.19. The molecule has 0 aliphatic carbocycles. The van der Waals surface area contributed by atoms with Gasteiger partial charge in [0, 0.05) is 12.4 Å². The summed E-state index contributed by atoms with van der Waals surface area (Å²) in [7, 11) is 1.35. The van der Waals surface area contributed by atoms with Crippen molar-refractivity contribution in [2.45, 2.75) is 0 Å². The molecule has 6 heteroatoms. The lowest BCUT2D eigenvalue weighted by Gasteiger charge is -2.29. The van der Waals surface area contributed by atoms with Gasteiger partial charge in [-0.05, 0) is 24.3 Å². The highest BCUT2D eigenvalue weighted by Gasteiger charge is 2.22. The number of hydrogen-bond donors (Lipinski definition) is 0. The fourth-order valence-electron chi connectivity index (χ4n) is 2.10. The smallest absolute Gasteiger partial charge is 0.337 e. The van der Waals surface area contributed by atoms with Crippen LogP contribution in [0.1, 0.15) is 10.4 Å². The Balaban J connectivity index is 2.00. The minimum atomic E-state index is -0.385. The summed E-state index contributed by atoms with van der Waals surface area (Å²) in [6, 6.07) is 6.97. The molecule has 0 fully saturated rings. The van der Waals surface area contributed by atoms with Crippen LogP contribution < -0.4 is 9.64 Å². The van der Waals surface area contributed by atoms with Crippen molar-refractivity contribution >= 4 is 17.6 Å². The van der Waals surface area contributed by atoms with Crippen LogP contribution in [0.2, 0.25) is 0 Å². The van der Waals surface area contributed by atoms with Gasteiger partial charge in [-0.2, -0.15) is 0 Å². The summed E-state index contributed by atoms with van der Waals surface area (Å²) < 4.78 is 10.3. The first-order chi connectivity index (χ1) is 9.79. The van der Waals surface area contributed by atoms with Gasteiger partial charge in [-0.1, -0.05) is 0 Å². The maximum atomic E-state index is 11.5. The number of hydrogen-bond acceptors (Lipinski definition) is 6. The Hall–Kier alpha value is -2.63. The van der Waals surface area contributed by atoms with Crippen molar-refractivity contribution in [3.63, 3.8) is 0 Å². The van der Waals surface area contributed by atoms with Crippen molar-refractivity contribution in [2.75, 3.05) is 25.2 Å². The quantitative estimate of drug-likeness (QED) is 0.776.